The lowest BCUT2D eigenvalue weighted by Gasteiger charge is -2.29. The molecular formula is C20H25FN2O. The molecule has 0 saturated carbocycles. The van der Waals surface area contributed by atoms with Crippen LogP contribution in [-0.2, 0) is 6.42 Å². The van der Waals surface area contributed by atoms with Crippen LogP contribution in [0.4, 0.5) is 4.39 Å². The average Bonchev–Trinajstić information content (AvgIpc) is 3.04. The second-order valence-electron chi connectivity index (χ2n) is 6.63. The maximum Gasteiger partial charge on any atom is 0.123 e. The summed E-state index contributed by atoms with van der Waals surface area (Å²) < 4.78 is 13.1. The minimum Gasteiger partial charge on any atom is -0.390 e. The number of β-amino-alcohol motifs (C(OH)–C–C–N with tert-alkyl or cyclic N) is 1. The van der Waals surface area contributed by atoms with Crippen molar-refractivity contribution in [2.24, 2.45) is 5.73 Å². The smallest absolute Gasteiger partial charge is 0.123 e. The van der Waals surface area contributed by atoms with E-state index in [1.54, 1.807) is 0 Å². The Morgan fingerprint density at radius 3 is 2.54 bits per heavy atom. The van der Waals surface area contributed by atoms with Crippen LogP contribution >= 0.6 is 0 Å². The van der Waals surface area contributed by atoms with Gasteiger partial charge in [0.1, 0.15) is 5.82 Å². The third kappa shape index (κ3) is 4.20. The molecule has 1 heterocycles. The topological polar surface area (TPSA) is 49.5 Å². The van der Waals surface area contributed by atoms with E-state index < -0.39 is 6.10 Å². The van der Waals surface area contributed by atoms with Crippen LogP contribution in [0.2, 0.25) is 0 Å². The van der Waals surface area contributed by atoms with Crippen LogP contribution in [-0.4, -0.2) is 35.2 Å². The molecule has 0 radical (unpaired) electrons. The molecule has 1 aliphatic rings. The Balaban J connectivity index is 1.60. The van der Waals surface area contributed by atoms with Crippen molar-refractivity contribution < 1.29 is 9.50 Å². The normalized spacial score (nSPS) is 20.9. The molecule has 1 aliphatic heterocycles. The van der Waals surface area contributed by atoms with Crippen LogP contribution in [0, 0.1) is 5.82 Å². The second kappa shape index (κ2) is 7.88. The molecule has 3 atom stereocenters. The number of nitrogens with two attached hydrogens (primary N) is 1. The fraction of sp³-hybridized carbons (Fsp3) is 0.400. The van der Waals surface area contributed by atoms with Crippen molar-refractivity contribution in [1.82, 2.24) is 4.90 Å². The van der Waals surface area contributed by atoms with E-state index in [2.05, 4.69) is 4.90 Å². The van der Waals surface area contributed by atoms with E-state index in [9.17, 15) is 9.50 Å². The minimum atomic E-state index is -0.578. The first-order valence-corrected chi connectivity index (χ1v) is 8.60. The van der Waals surface area contributed by atoms with Crippen LogP contribution in [0.5, 0.6) is 0 Å². The van der Waals surface area contributed by atoms with Gasteiger partial charge in [0.2, 0.25) is 0 Å². The van der Waals surface area contributed by atoms with Gasteiger partial charge < -0.3 is 10.8 Å². The lowest BCUT2D eigenvalue weighted by Crippen LogP contribution is -2.44. The number of rotatable bonds is 6. The Morgan fingerprint density at radius 1 is 1.12 bits per heavy atom. The molecule has 0 aliphatic carbocycles. The lowest BCUT2D eigenvalue weighted by atomic mass is 10.0. The Morgan fingerprint density at radius 2 is 1.83 bits per heavy atom. The van der Waals surface area contributed by atoms with E-state index in [1.165, 1.54) is 12.1 Å². The standard InChI is InChI=1S/C20H25FN2O/c21-17-10-8-16(9-11-17)19-7-4-12-23(19)14-20(24)18(22)13-15-5-2-1-3-6-15/h1-3,5-6,8-11,18-20,24H,4,7,12-14,22H2. The van der Waals surface area contributed by atoms with E-state index in [1.807, 2.05) is 42.5 Å². The van der Waals surface area contributed by atoms with Crippen molar-refractivity contribution in [3.05, 3.63) is 71.5 Å². The SMILES string of the molecule is NC(Cc1ccccc1)C(O)CN1CCCC1c1ccc(F)cc1. The van der Waals surface area contributed by atoms with Gasteiger partial charge in [-0.05, 0) is 49.1 Å². The van der Waals surface area contributed by atoms with Crippen LogP contribution in [0.3, 0.4) is 0 Å². The summed E-state index contributed by atoms with van der Waals surface area (Å²) in [5.74, 6) is -0.215. The summed E-state index contributed by atoms with van der Waals surface area (Å²) in [5.41, 5.74) is 8.45. The molecule has 4 heteroatoms. The van der Waals surface area contributed by atoms with Gasteiger partial charge in [0.05, 0.1) is 6.10 Å². The quantitative estimate of drug-likeness (QED) is 0.857. The van der Waals surface area contributed by atoms with Crippen molar-refractivity contribution >= 4 is 0 Å². The molecule has 3 N–H and O–H groups in total. The summed E-state index contributed by atoms with van der Waals surface area (Å²) in [6, 6.07) is 16.6. The van der Waals surface area contributed by atoms with E-state index in [-0.39, 0.29) is 17.9 Å². The molecular weight excluding hydrogens is 303 g/mol. The predicted octanol–water partition coefficient (Wildman–Crippen LogP) is 2.89. The summed E-state index contributed by atoms with van der Waals surface area (Å²) in [4.78, 5) is 2.27. The van der Waals surface area contributed by atoms with Gasteiger partial charge in [-0.3, -0.25) is 4.90 Å². The number of hydrogen-bond donors (Lipinski definition) is 2. The third-order valence-electron chi connectivity index (χ3n) is 4.85. The van der Waals surface area contributed by atoms with Crippen molar-refractivity contribution in [3.8, 4) is 0 Å². The monoisotopic (exact) mass is 328 g/mol. The van der Waals surface area contributed by atoms with Crippen LogP contribution in [0.1, 0.15) is 30.0 Å². The van der Waals surface area contributed by atoms with Crippen molar-refractivity contribution in [1.29, 1.82) is 0 Å². The fourth-order valence-corrected chi connectivity index (χ4v) is 3.51. The molecule has 0 spiro atoms. The van der Waals surface area contributed by atoms with E-state index >= 15 is 0 Å². The zero-order valence-corrected chi connectivity index (χ0v) is 13.8. The van der Waals surface area contributed by atoms with Gasteiger partial charge in [0, 0.05) is 18.6 Å². The zero-order valence-electron chi connectivity index (χ0n) is 13.8. The fourth-order valence-electron chi connectivity index (χ4n) is 3.51. The van der Waals surface area contributed by atoms with E-state index in [0.29, 0.717) is 13.0 Å². The molecule has 2 aromatic rings. The van der Waals surface area contributed by atoms with E-state index in [0.717, 1.165) is 30.5 Å². The number of benzene rings is 2. The molecule has 0 bridgehead atoms. The van der Waals surface area contributed by atoms with E-state index in [4.69, 9.17) is 5.73 Å². The number of hydrogen-bond acceptors (Lipinski definition) is 3. The molecule has 0 amide bonds. The second-order valence-corrected chi connectivity index (χ2v) is 6.63. The third-order valence-corrected chi connectivity index (χ3v) is 4.85. The molecule has 2 aromatic carbocycles. The highest BCUT2D eigenvalue weighted by Crippen LogP contribution is 2.32. The highest BCUT2D eigenvalue weighted by atomic mass is 19.1. The summed E-state index contributed by atoms with van der Waals surface area (Å²) in [7, 11) is 0. The summed E-state index contributed by atoms with van der Waals surface area (Å²) in [6.45, 7) is 1.49. The van der Waals surface area contributed by atoms with Gasteiger partial charge in [-0.25, -0.2) is 4.39 Å². The lowest BCUT2D eigenvalue weighted by molar-refractivity contribution is 0.0851. The highest BCUT2D eigenvalue weighted by molar-refractivity contribution is 5.21. The number of likely N-dealkylation sites (tertiary alicyclic amines) is 1. The summed E-state index contributed by atoms with van der Waals surface area (Å²) in [5, 5.41) is 10.5. The molecule has 3 rings (SSSR count). The first kappa shape index (κ1) is 17.1. The largest absolute Gasteiger partial charge is 0.390 e. The molecule has 128 valence electrons. The molecule has 3 nitrogen and oxygen atoms in total. The molecule has 3 unspecified atom stereocenters. The summed E-state index contributed by atoms with van der Waals surface area (Å²) >= 11 is 0. The molecule has 24 heavy (non-hydrogen) atoms. The Kier molecular flexibility index (Phi) is 5.61. The minimum absolute atomic E-state index is 0.215. The van der Waals surface area contributed by atoms with Gasteiger partial charge in [0.25, 0.3) is 0 Å². The molecule has 0 aromatic heterocycles. The highest BCUT2D eigenvalue weighted by Gasteiger charge is 2.29. The maximum absolute atomic E-state index is 13.1. The van der Waals surface area contributed by atoms with Crippen LogP contribution in [0.15, 0.2) is 54.6 Å². The number of aliphatic hydroxyl groups excluding tert-OH is 1. The number of nitrogens with zero attached hydrogens (tertiary/aromatic N) is 1. The van der Waals surface area contributed by atoms with Gasteiger partial charge in [-0.15, -0.1) is 0 Å². The first-order valence-electron chi connectivity index (χ1n) is 8.60. The summed E-state index contributed by atoms with van der Waals surface area (Å²) in [6.07, 6.45) is 2.21. The number of halogens is 1. The Hall–Kier alpha value is -1.75. The zero-order chi connectivity index (χ0) is 16.9. The van der Waals surface area contributed by atoms with Gasteiger partial charge in [0.15, 0.2) is 0 Å². The average molecular weight is 328 g/mol. The van der Waals surface area contributed by atoms with Crippen LogP contribution < -0.4 is 5.73 Å². The molecule has 1 fully saturated rings. The Labute approximate surface area is 142 Å². The van der Waals surface area contributed by atoms with Crippen molar-refractivity contribution in [2.75, 3.05) is 13.1 Å². The number of aliphatic hydroxyl groups is 1. The Bertz CT molecular complexity index is 632. The van der Waals surface area contributed by atoms with Gasteiger partial charge in [-0.1, -0.05) is 42.5 Å². The predicted molar refractivity (Wildman–Crippen MR) is 94.1 cm³/mol. The molecule has 1 saturated heterocycles. The van der Waals surface area contributed by atoms with Gasteiger partial charge in [-0.2, -0.15) is 0 Å². The van der Waals surface area contributed by atoms with Crippen LogP contribution in [0.25, 0.3) is 0 Å². The maximum atomic E-state index is 13.1. The first-order chi connectivity index (χ1) is 11.6. The van der Waals surface area contributed by atoms with Gasteiger partial charge >= 0.3 is 0 Å². The van der Waals surface area contributed by atoms with Crippen molar-refractivity contribution in [2.45, 2.75) is 37.5 Å². The van der Waals surface area contributed by atoms with Crippen molar-refractivity contribution in [3.63, 3.8) is 0 Å².